The van der Waals surface area contributed by atoms with Crippen molar-refractivity contribution in [2.24, 2.45) is 0 Å². The molecule has 0 aliphatic rings. The Morgan fingerprint density at radius 1 is 1.14 bits per heavy atom. The number of nitrogens with one attached hydrogen (secondary N) is 3. The largest absolute Gasteiger partial charge is 0.494 e. The van der Waals surface area contributed by atoms with Crippen molar-refractivity contribution in [1.29, 1.82) is 0 Å². The lowest BCUT2D eigenvalue weighted by atomic mass is 10.1. The van der Waals surface area contributed by atoms with E-state index in [2.05, 4.69) is 32.5 Å². The zero-order chi connectivity index (χ0) is 30.1. The average Bonchev–Trinajstić information content (AvgIpc) is 2.98. The molecule has 218 valence electrons. The van der Waals surface area contributed by atoms with Crippen LogP contribution in [0.2, 0.25) is 5.02 Å². The molecule has 1 atom stereocenters. The number of carbonyl (C=O) groups excluding carboxylic acids is 2. The number of hydrogen-bond donors (Lipinski definition) is 3. The second-order valence-electron chi connectivity index (χ2n) is 9.02. The van der Waals surface area contributed by atoms with E-state index in [0.717, 1.165) is 6.08 Å². The Morgan fingerprint density at radius 2 is 1.98 bits per heavy atom. The summed E-state index contributed by atoms with van der Waals surface area (Å²) in [5, 5.41) is 9.72. The minimum atomic E-state index is -0.767. The number of methoxy groups -OCH3 is 1. The van der Waals surface area contributed by atoms with Gasteiger partial charge < -0.3 is 25.4 Å². The van der Waals surface area contributed by atoms with Crippen molar-refractivity contribution in [1.82, 2.24) is 15.3 Å². The highest BCUT2D eigenvalue weighted by molar-refractivity contribution is 7.98. The lowest BCUT2D eigenvalue weighted by Gasteiger charge is -2.19. The lowest BCUT2D eigenvalue weighted by molar-refractivity contribution is -0.123. The van der Waals surface area contributed by atoms with Gasteiger partial charge in [-0.05, 0) is 66.5 Å². The summed E-state index contributed by atoms with van der Waals surface area (Å²) in [7, 11) is 1.49. The molecule has 0 saturated heterocycles. The van der Waals surface area contributed by atoms with Gasteiger partial charge in [0.15, 0.2) is 0 Å². The summed E-state index contributed by atoms with van der Waals surface area (Å²) >= 11 is 8.04. The van der Waals surface area contributed by atoms with E-state index in [1.165, 1.54) is 25.6 Å². The van der Waals surface area contributed by atoms with E-state index in [-0.39, 0.29) is 12.4 Å². The van der Waals surface area contributed by atoms with Crippen LogP contribution in [0.3, 0.4) is 0 Å². The van der Waals surface area contributed by atoms with Crippen molar-refractivity contribution in [3.05, 3.63) is 90.0 Å². The van der Waals surface area contributed by atoms with E-state index >= 15 is 0 Å². The fourth-order valence-corrected chi connectivity index (χ4v) is 4.73. The minimum Gasteiger partial charge on any atom is -0.494 e. The van der Waals surface area contributed by atoms with Crippen molar-refractivity contribution < 1.29 is 23.5 Å². The van der Waals surface area contributed by atoms with Crippen LogP contribution < -0.4 is 25.4 Å². The summed E-state index contributed by atoms with van der Waals surface area (Å²) < 4.78 is 24.7. The first-order valence-corrected chi connectivity index (χ1v) is 14.6. The molecule has 0 aliphatic heterocycles. The summed E-state index contributed by atoms with van der Waals surface area (Å²) in [5.74, 6) is 0.782. The first-order valence-electron chi connectivity index (χ1n) is 12.8. The van der Waals surface area contributed by atoms with Crippen LogP contribution >= 0.6 is 23.4 Å². The number of aromatic nitrogens is 2. The fraction of sp³-hybridized carbons (Fsp3) is 0.200. The lowest BCUT2D eigenvalue weighted by Crippen LogP contribution is -2.43. The summed E-state index contributed by atoms with van der Waals surface area (Å²) in [4.78, 5) is 33.8. The third-order valence-electron chi connectivity index (χ3n) is 6.12. The van der Waals surface area contributed by atoms with Gasteiger partial charge in [-0.2, -0.15) is 11.8 Å². The predicted molar refractivity (Wildman–Crippen MR) is 165 cm³/mol. The normalized spacial score (nSPS) is 11.4. The van der Waals surface area contributed by atoms with E-state index in [9.17, 15) is 14.0 Å². The van der Waals surface area contributed by atoms with Crippen LogP contribution in [-0.2, 0) is 16.2 Å². The van der Waals surface area contributed by atoms with Gasteiger partial charge in [-0.15, -0.1) is 0 Å². The summed E-state index contributed by atoms with van der Waals surface area (Å²) in [6, 6.07) is 13.9. The van der Waals surface area contributed by atoms with Crippen molar-refractivity contribution >= 4 is 63.3 Å². The maximum absolute atomic E-state index is 13.5. The van der Waals surface area contributed by atoms with Crippen LogP contribution in [0.1, 0.15) is 12.0 Å². The molecule has 4 rings (SSSR count). The van der Waals surface area contributed by atoms with Crippen LogP contribution in [0.25, 0.3) is 10.9 Å². The van der Waals surface area contributed by atoms with Gasteiger partial charge in [-0.25, -0.2) is 14.4 Å². The molecule has 0 unspecified atom stereocenters. The van der Waals surface area contributed by atoms with E-state index < -0.39 is 17.9 Å². The Morgan fingerprint density at radius 3 is 2.69 bits per heavy atom. The molecule has 9 nitrogen and oxygen atoms in total. The first kappa shape index (κ1) is 30.6. The van der Waals surface area contributed by atoms with Crippen LogP contribution in [0.5, 0.6) is 11.5 Å². The minimum absolute atomic E-state index is 0.159. The number of fused-ring (bicyclic) bond motifs is 1. The number of anilines is 3. The highest BCUT2D eigenvalue weighted by Gasteiger charge is 2.22. The molecular formula is C30H29ClFN5O4S. The topological polar surface area (TPSA) is 114 Å². The Bertz CT molecular complexity index is 1610. The number of benzene rings is 3. The smallest absolute Gasteiger partial charge is 0.247 e. The molecule has 3 N–H and O–H groups in total. The Labute approximate surface area is 251 Å². The third kappa shape index (κ3) is 7.89. The number of amides is 2. The van der Waals surface area contributed by atoms with Crippen LogP contribution in [0.4, 0.5) is 21.6 Å². The quantitative estimate of drug-likeness (QED) is 0.155. The zero-order valence-corrected chi connectivity index (χ0v) is 24.5. The van der Waals surface area contributed by atoms with Gasteiger partial charge in [0, 0.05) is 17.1 Å². The highest BCUT2D eigenvalue weighted by atomic mass is 35.5. The molecule has 0 spiro atoms. The zero-order valence-electron chi connectivity index (χ0n) is 22.9. The van der Waals surface area contributed by atoms with E-state index in [0.29, 0.717) is 62.4 Å². The Balaban J connectivity index is 1.56. The van der Waals surface area contributed by atoms with Crippen LogP contribution in [-0.4, -0.2) is 46.9 Å². The maximum atomic E-state index is 13.5. The molecule has 12 heteroatoms. The maximum Gasteiger partial charge on any atom is 0.247 e. The Kier molecular flexibility index (Phi) is 10.6. The monoisotopic (exact) mass is 609 g/mol. The first-order chi connectivity index (χ1) is 20.3. The van der Waals surface area contributed by atoms with Crippen LogP contribution in [0.15, 0.2) is 73.6 Å². The van der Waals surface area contributed by atoms with Gasteiger partial charge in [0.05, 0.1) is 23.3 Å². The molecule has 42 heavy (non-hydrogen) atoms. The molecule has 0 aliphatic carbocycles. The van der Waals surface area contributed by atoms with E-state index in [4.69, 9.17) is 21.1 Å². The number of rotatable bonds is 13. The van der Waals surface area contributed by atoms with Gasteiger partial charge in [-0.3, -0.25) is 9.59 Å². The SMILES string of the molecule is C=CC(=O)N[C@@H](CCSC)C(=O)Nc1cc2c(Nc3ccc(OCc4cccc(F)c4)c(Cl)c3)ncnc2cc1OC. The highest BCUT2D eigenvalue weighted by Crippen LogP contribution is 2.35. The molecule has 0 bridgehead atoms. The molecule has 0 fully saturated rings. The van der Waals surface area contributed by atoms with Gasteiger partial charge in [-0.1, -0.05) is 30.3 Å². The van der Waals surface area contributed by atoms with E-state index in [1.807, 2.05) is 6.26 Å². The van der Waals surface area contributed by atoms with Gasteiger partial charge in [0.2, 0.25) is 11.8 Å². The van der Waals surface area contributed by atoms with Gasteiger partial charge >= 0.3 is 0 Å². The molecule has 0 saturated carbocycles. The third-order valence-corrected chi connectivity index (χ3v) is 7.06. The number of nitrogens with zero attached hydrogens (tertiary/aromatic N) is 2. The Hall–Kier alpha value is -4.35. The number of ether oxygens (including phenoxy) is 2. The van der Waals surface area contributed by atoms with Crippen molar-refractivity contribution in [2.75, 3.05) is 29.8 Å². The fourth-order valence-electron chi connectivity index (χ4n) is 4.03. The standard InChI is InChI=1S/C30H29ClFN5O4S/c1-4-28(38)36-23(10-11-42-3)30(39)37-25-14-21-24(15-27(25)40-2)33-17-34-29(21)35-20-8-9-26(22(31)13-20)41-16-18-6-5-7-19(32)12-18/h4-9,12-15,17,23H,1,10-11,16H2,2-3H3,(H,36,38)(H,37,39)(H,33,34,35)/t23-/m0/s1. The number of hydrogen-bond acceptors (Lipinski definition) is 8. The second-order valence-corrected chi connectivity index (χ2v) is 10.4. The number of thioether (sulfide) groups is 1. The molecule has 4 aromatic rings. The van der Waals surface area contributed by atoms with Crippen molar-refractivity contribution in [2.45, 2.75) is 19.1 Å². The van der Waals surface area contributed by atoms with Crippen molar-refractivity contribution in [3.63, 3.8) is 0 Å². The molecule has 0 radical (unpaired) electrons. The number of halogens is 2. The second kappa shape index (κ2) is 14.5. The predicted octanol–water partition coefficient (Wildman–Crippen LogP) is 6.12. The summed E-state index contributed by atoms with van der Waals surface area (Å²) in [6.45, 7) is 3.62. The van der Waals surface area contributed by atoms with E-state index in [1.54, 1.807) is 54.2 Å². The van der Waals surface area contributed by atoms with Crippen molar-refractivity contribution in [3.8, 4) is 11.5 Å². The molecule has 2 amide bonds. The molecule has 1 aromatic heterocycles. The molecular weight excluding hydrogens is 581 g/mol. The summed E-state index contributed by atoms with van der Waals surface area (Å²) in [6.07, 6.45) is 4.89. The number of carbonyl (C=O) groups is 2. The molecule has 1 heterocycles. The summed E-state index contributed by atoms with van der Waals surface area (Å²) in [5.41, 5.74) is 2.26. The van der Waals surface area contributed by atoms with Crippen LogP contribution in [0, 0.1) is 5.82 Å². The molecule has 3 aromatic carbocycles. The van der Waals surface area contributed by atoms with Gasteiger partial charge in [0.1, 0.15) is 42.1 Å². The van der Waals surface area contributed by atoms with Gasteiger partial charge in [0.25, 0.3) is 0 Å². The average molecular weight is 610 g/mol.